The van der Waals surface area contributed by atoms with Gasteiger partial charge >= 0.3 is 6.03 Å². The largest absolute Gasteiger partial charge is 0.394 e. The molecule has 0 heterocycles. The van der Waals surface area contributed by atoms with E-state index in [4.69, 9.17) is 28.3 Å². The Morgan fingerprint density at radius 3 is 2.65 bits per heavy atom. The van der Waals surface area contributed by atoms with Crippen molar-refractivity contribution in [2.75, 3.05) is 11.9 Å². The van der Waals surface area contributed by atoms with Gasteiger partial charge in [0.15, 0.2) is 0 Å². The maximum absolute atomic E-state index is 11.5. The third-order valence-electron chi connectivity index (χ3n) is 2.23. The molecule has 0 radical (unpaired) electrons. The van der Waals surface area contributed by atoms with Gasteiger partial charge in [0.25, 0.3) is 0 Å². The smallest absolute Gasteiger partial charge is 0.319 e. The van der Waals surface area contributed by atoms with Crippen LogP contribution in [0.3, 0.4) is 0 Å². The van der Waals surface area contributed by atoms with Crippen molar-refractivity contribution in [3.8, 4) is 0 Å². The lowest BCUT2D eigenvalue weighted by Crippen LogP contribution is -2.39. The molecule has 1 rings (SSSR count). The number of amides is 2. The van der Waals surface area contributed by atoms with E-state index in [1.807, 2.05) is 6.92 Å². The molecule has 0 spiro atoms. The Balaban J connectivity index is 2.58. The molecule has 0 saturated heterocycles. The Morgan fingerprint density at radius 1 is 1.41 bits per heavy atom. The Bertz CT molecular complexity index is 395. The summed E-state index contributed by atoms with van der Waals surface area (Å²) in [5, 5.41) is 15.0. The first-order valence-corrected chi connectivity index (χ1v) is 5.95. The number of urea groups is 1. The Hall–Kier alpha value is -0.970. The number of anilines is 1. The molecule has 0 bridgehead atoms. The van der Waals surface area contributed by atoms with Crippen LogP contribution >= 0.6 is 23.2 Å². The van der Waals surface area contributed by atoms with Crippen LogP contribution in [0.25, 0.3) is 0 Å². The lowest BCUT2D eigenvalue weighted by molar-refractivity contribution is 0.222. The van der Waals surface area contributed by atoms with Gasteiger partial charge < -0.3 is 15.7 Å². The first kappa shape index (κ1) is 14.1. The predicted molar refractivity (Wildman–Crippen MR) is 69.8 cm³/mol. The summed E-state index contributed by atoms with van der Waals surface area (Å²) in [5.74, 6) is 0. The lowest BCUT2D eigenvalue weighted by atomic mass is 10.2. The van der Waals surface area contributed by atoms with Gasteiger partial charge in [0, 0.05) is 5.69 Å². The normalized spacial score (nSPS) is 12.0. The average molecular weight is 277 g/mol. The molecule has 3 N–H and O–H groups in total. The summed E-state index contributed by atoms with van der Waals surface area (Å²) in [7, 11) is 0. The van der Waals surface area contributed by atoms with Gasteiger partial charge in [-0.25, -0.2) is 4.79 Å². The Kier molecular flexibility index (Phi) is 5.55. The summed E-state index contributed by atoms with van der Waals surface area (Å²) in [6.45, 7) is 1.78. The first-order chi connectivity index (χ1) is 8.06. The summed E-state index contributed by atoms with van der Waals surface area (Å²) in [4.78, 5) is 11.5. The van der Waals surface area contributed by atoms with Crippen LogP contribution in [-0.2, 0) is 0 Å². The summed E-state index contributed by atoms with van der Waals surface area (Å²) in [6.07, 6.45) is 0.658. The van der Waals surface area contributed by atoms with Crippen LogP contribution in [0.2, 0.25) is 10.0 Å². The van der Waals surface area contributed by atoms with E-state index in [2.05, 4.69) is 10.6 Å². The Labute approximate surface area is 110 Å². The van der Waals surface area contributed by atoms with E-state index in [1.54, 1.807) is 18.2 Å². The van der Waals surface area contributed by atoms with Crippen molar-refractivity contribution < 1.29 is 9.90 Å². The van der Waals surface area contributed by atoms with Crippen LogP contribution < -0.4 is 10.6 Å². The van der Waals surface area contributed by atoms with Gasteiger partial charge in [-0.15, -0.1) is 0 Å². The number of nitrogens with one attached hydrogen (secondary N) is 2. The molecule has 0 aromatic heterocycles. The topological polar surface area (TPSA) is 61.4 Å². The molecule has 17 heavy (non-hydrogen) atoms. The Morgan fingerprint density at radius 2 is 2.12 bits per heavy atom. The zero-order chi connectivity index (χ0) is 12.8. The van der Waals surface area contributed by atoms with Crippen molar-refractivity contribution in [2.45, 2.75) is 19.4 Å². The van der Waals surface area contributed by atoms with Gasteiger partial charge in [-0.2, -0.15) is 0 Å². The van der Waals surface area contributed by atoms with Gasteiger partial charge in [0.1, 0.15) is 0 Å². The number of hydrogen-bond acceptors (Lipinski definition) is 2. The molecule has 1 aromatic carbocycles. The molecular weight excluding hydrogens is 263 g/mol. The molecule has 0 aliphatic carbocycles. The number of hydrogen-bond donors (Lipinski definition) is 3. The zero-order valence-corrected chi connectivity index (χ0v) is 10.8. The second-order valence-electron chi connectivity index (χ2n) is 3.52. The highest BCUT2D eigenvalue weighted by Crippen LogP contribution is 2.24. The van der Waals surface area contributed by atoms with E-state index in [9.17, 15) is 4.79 Å². The summed E-state index contributed by atoms with van der Waals surface area (Å²) >= 11 is 11.6. The fourth-order valence-electron chi connectivity index (χ4n) is 1.20. The van der Waals surface area contributed by atoms with Crippen molar-refractivity contribution >= 4 is 34.9 Å². The second-order valence-corrected chi connectivity index (χ2v) is 4.33. The van der Waals surface area contributed by atoms with Gasteiger partial charge in [-0.3, -0.25) is 0 Å². The van der Waals surface area contributed by atoms with Gasteiger partial charge in [0.2, 0.25) is 0 Å². The average Bonchev–Trinajstić information content (AvgIpc) is 2.31. The molecule has 94 valence electrons. The van der Waals surface area contributed by atoms with Crippen LogP contribution in [0.5, 0.6) is 0 Å². The molecule has 0 unspecified atom stereocenters. The monoisotopic (exact) mass is 276 g/mol. The number of aliphatic hydroxyl groups is 1. The van der Waals surface area contributed by atoms with Gasteiger partial charge in [0.05, 0.1) is 22.7 Å². The van der Waals surface area contributed by atoms with Crippen molar-refractivity contribution in [3.63, 3.8) is 0 Å². The maximum Gasteiger partial charge on any atom is 0.319 e. The number of carbonyl (C=O) groups is 1. The molecule has 0 fully saturated rings. The molecule has 0 aliphatic heterocycles. The van der Waals surface area contributed by atoms with Crippen molar-refractivity contribution in [2.24, 2.45) is 0 Å². The standard InChI is InChI=1S/C11H14Cl2N2O2/c1-2-7(6-16)14-11(17)15-8-3-4-9(12)10(13)5-8/h3-5,7,16H,2,6H2,1H3,(H2,14,15,17)/t7-/m0/s1. The molecule has 4 nitrogen and oxygen atoms in total. The van der Waals surface area contributed by atoms with Gasteiger partial charge in [-0.1, -0.05) is 30.1 Å². The second kappa shape index (κ2) is 6.69. The predicted octanol–water partition coefficient (Wildman–Crippen LogP) is 2.89. The van der Waals surface area contributed by atoms with Crippen molar-refractivity contribution in [3.05, 3.63) is 28.2 Å². The van der Waals surface area contributed by atoms with Crippen molar-refractivity contribution in [1.82, 2.24) is 5.32 Å². The zero-order valence-electron chi connectivity index (χ0n) is 9.34. The first-order valence-electron chi connectivity index (χ1n) is 5.20. The van der Waals surface area contributed by atoms with E-state index < -0.39 is 0 Å². The third-order valence-corrected chi connectivity index (χ3v) is 2.96. The number of carbonyl (C=O) groups excluding carboxylic acids is 1. The fraction of sp³-hybridized carbons (Fsp3) is 0.364. The lowest BCUT2D eigenvalue weighted by Gasteiger charge is -2.14. The number of rotatable bonds is 4. The highest BCUT2D eigenvalue weighted by molar-refractivity contribution is 6.42. The third kappa shape index (κ3) is 4.42. The van der Waals surface area contributed by atoms with Crippen LogP contribution in [0, 0.1) is 0 Å². The van der Waals surface area contributed by atoms with Crippen LogP contribution in [0.4, 0.5) is 10.5 Å². The minimum absolute atomic E-state index is 0.0920. The molecular formula is C11H14Cl2N2O2. The summed E-state index contributed by atoms with van der Waals surface area (Å²) in [5.41, 5.74) is 0.546. The molecule has 0 saturated carbocycles. The maximum atomic E-state index is 11.5. The minimum atomic E-state index is -0.385. The molecule has 6 heteroatoms. The minimum Gasteiger partial charge on any atom is -0.394 e. The van der Waals surface area contributed by atoms with Crippen LogP contribution in [0.15, 0.2) is 18.2 Å². The van der Waals surface area contributed by atoms with E-state index in [-0.39, 0.29) is 18.7 Å². The SMILES string of the molecule is CC[C@@H](CO)NC(=O)Nc1ccc(Cl)c(Cl)c1. The highest BCUT2D eigenvalue weighted by atomic mass is 35.5. The fourth-order valence-corrected chi connectivity index (χ4v) is 1.50. The summed E-state index contributed by atoms with van der Waals surface area (Å²) in [6, 6.07) is 4.17. The van der Waals surface area contributed by atoms with E-state index in [0.29, 0.717) is 22.2 Å². The van der Waals surface area contributed by atoms with Crippen LogP contribution in [0.1, 0.15) is 13.3 Å². The van der Waals surface area contributed by atoms with Crippen molar-refractivity contribution in [1.29, 1.82) is 0 Å². The number of benzene rings is 1. The number of aliphatic hydroxyl groups excluding tert-OH is 1. The molecule has 1 atom stereocenters. The number of halogens is 2. The van der Waals surface area contributed by atoms with E-state index in [0.717, 1.165) is 0 Å². The van der Waals surface area contributed by atoms with Crippen LogP contribution in [-0.4, -0.2) is 23.8 Å². The molecule has 1 aromatic rings. The quantitative estimate of drug-likeness (QED) is 0.792. The highest BCUT2D eigenvalue weighted by Gasteiger charge is 2.09. The molecule has 0 aliphatic rings. The molecule has 2 amide bonds. The van der Waals surface area contributed by atoms with E-state index in [1.165, 1.54) is 0 Å². The van der Waals surface area contributed by atoms with Gasteiger partial charge in [-0.05, 0) is 24.6 Å². The van der Waals surface area contributed by atoms with E-state index >= 15 is 0 Å². The summed E-state index contributed by atoms with van der Waals surface area (Å²) < 4.78 is 0.